The Kier molecular flexibility index (Phi) is 5.22. The SMILES string of the molecule is Cc1cccc(C(N)CS(=O)c2c(Cl)cccc2Cl)c1. The predicted molar refractivity (Wildman–Crippen MR) is 85.8 cm³/mol. The van der Waals surface area contributed by atoms with Crippen molar-refractivity contribution in [2.24, 2.45) is 5.73 Å². The number of aryl methyl sites for hydroxylation is 1. The number of halogens is 2. The highest BCUT2D eigenvalue weighted by Gasteiger charge is 2.17. The van der Waals surface area contributed by atoms with E-state index in [4.69, 9.17) is 28.9 Å². The molecule has 0 aromatic heterocycles. The Morgan fingerprint density at radius 3 is 2.35 bits per heavy atom. The zero-order valence-electron chi connectivity index (χ0n) is 11.0. The molecule has 0 saturated carbocycles. The Bertz CT molecular complexity index is 625. The summed E-state index contributed by atoms with van der Waals surface area (Å²) in [5.74, 6) is 0.285. The van der Waals surface area contributed by atoms with Gasteiger partial charge in [-0.05, 0) is 24.6 Å². The molecule has 0 amide bonds. The molecule has 0 aliphatic carbocycles. The van der Waals surface area contributed by atoms with E-state index in [-0.39, 0.29) is 11.8 Å². The molecule has 2 atom stereocenters. The molecule has 2 rings (SSSR count). The highest BCUT2D eigenvalue weighted by atomic mass is 35.5. The summed E-state index contributed by atoms with van der Waals surface area (Å²) in [6.45, 7) is 2.00. The van der Waals surface area contributed by atoms with E-state index in [2.05, 4.69) is 0 Å². The van der Waals surface area contributed by atoms with E-state index in [9.17, 15) is 4.21 Å². The molecule has 0 bridgehead atoms. The molecule has 0 aliphatic heterocycles. The van der Waals surface area contributed by atoms with Crippen LogP contribution in [0.4, 0.5) is 0 Å². The summed E-state index contributed by atoms with van der Waals surface area (Å²) in [5, 5.41) is 0.819. The fourth-order valence-corrected chi connectivity index (χ4v) is 4.11. The monoisotopic (exact) mass is 327 g/mol. The summed E-state index contributed by atoms with van der Waals surface area (Å²) < 4.78 is 12.4. The summed E-state index contributed by atoms with van der Waals surface area (Å²) in [4.78, 5) is 0.457. The molecule has 2 aromatic rings. The smallest absolute Gasteiger partial charge is 0.0761 e. The minimum Gasteiger partial charge on any atom is -0.323 e. The van der Waals surface area contributed by atoms with Crippen LogP contribution >= 0.6 is 23.2 Å². The Hall–Kier alpha value is -0.870. The van der Waals surface area contributed by atoms with Crippen LogP contribution < -0.4 is 5.73 Å². The number of nitrogens with two attached hydrogens (primary N) is 1. The van der Waals surface area contributed by atoms with Crippen molar-refractivity contribution in [3.63, 3.8) is 0 Å². The van der Waals surface area contributed by atoms with Gasteiger partial charge in [-0.1, -0.05) is 59.1 Å². The first-order chi connectivity index (χ1) is 9.49. The van der Waals surface area contributed by atoms with Gasteiger partial charge >= 0.3 is 0 Å². The molecular formula is C15H15Cl2NOS. The summed E-state index contributed by atoms with van der Waals surface area (Å²) in [5.41, 5.74) is 8.21. The van der Waals surface area contributed by atoms with Crippen molar-refractivity contribution >= 4 is 34.0 Å². The van der Waals surface area contributed by atoms with Crippen molar-refractivity contribution in [1.29, 1.82) is 0 Å². The lowest BCUT2D eigenvalue weighted by molar-refractivity contribution is 0.675. The third kappa shape index (κ3) is 3.61. The zero-order valence-corrected chi connectivity index (χ0v) is 13.3. The number of benzene rings is 2. The molecule has 2 N–H and O–H groups in total. The number of rotatable bonds is 4. The largest absolute Gasteiger partial charge is 0.323 e. The highest BCUT2D eigenvalue weighted by Crippen LogP contribution is 2.29. The van der Waals surface area contributed by atoms with E-state index in [1.165, 1.54) is 0 Å². The first-order valence-electron chi connectivity index (χ1n) is 6.13. The first kappa shape index (κ1) is 15.5. The maximum atomic E-state index is 12.4. The molecule has 0 spiro atoms. The molecule has 0 radical (unpaired) electrons. The third-order valence-electron chi connectivity index (χ3n) is 2.95. The van der Waals surface area contributed by atoms with E-state index in [1.807, 2.05) is 31.2 Å². The highest BCUT2D eigenvalue weighted by molar-refractivity contribution is 7.85. The predicted octanol–water partition coefficient (Wildman–Crippen LogP) is 4.11. The van der Waals surface area contributed by atoms with Crippen LogP contribution in [-0.4, -0.2) is 9.96 Å². The van der Waals surface area contributed by atoms with Crippen molar-refractivity contribution in [3.05, 3.63) is 63.6 Å². The van der Waals surface area contributed by atoms with Gasteiger partial charge in [0.05, 0.1) is 25.7 Å². The van der Waals surface area contributed by atoms with Gasteiger partial charge in [-0.25, -0.2) is 0 Å². The lowest BCUT2D eigenvalue weighted by Crippen LogP contribution is -2.18. The van der Waals surface area contributed by atoms with E-state index >= 15 is 0 Å². The molecule has 106 valence electrons. The fourth-order valence-electron chi connectivity index (χ4n) is 1.94. The molecule has 0 heterocycles. The average molecular weight is 328 g/mol. The van der Waals surface area contributed by atoms with Gasteiger partial charge in [-0.2, -0.15) is 0 Å². The van der Waals surface area contributed by atoms with Gasteiger partial charge in [0.1, 0.15) is 0 Å². The van der Waals surface area contributed by atoms with Crippen molar-refractivity contribution in [2.45, 2.75) is 17.9 Å². The normalized spacial score (nSPS) is 14.0. The van der Waals surface area contributed by atoms with Crippen molar-refractivity contribution in [3.8, 4) is 0 Å². The van der Waals surface area contributed by atoms with Crippen LogP contribution in [0.2, 0.25) is 10.0 Å². The van der Waals surface area contributed by atoms with E-state index < -0.39 is 10.8 Å². The Morgan fingerprint density at radius 1 is 1.15 bits per heavy atom. The molecule has 2 nitrogen and oxygen atoms in total. The molecule has 2 aromatic carbocycles. The minimum absolute atomic E-state index is 0.285. The third-order valence-corrected chi connectivity index (χ3v) is 5.36. The quantitative estimate of drug-likeness (QED) is 0.918. The zero-order chi connectivity index (χ0) is 14.7. The fraction of sp³-hybridized carbons (Fsp3) is 0.200. The number of hydrogen-bond donors (Lipinski definition) is 1. The van der Waals surface area contributed by atoms with E-state index in [0.29, 0.717) is 14.9 Å². The lowest BCUT2D eigenvalue weighted by atomic mass is 10.1. The topological polar surface area (TPSA) is 43.1 Å². The summed E-state index contributed by atoms with van der Waals surface area (Å²) in [6, 6.07) is 12.6. The summed E-state index contributed by atoms with van der Waals surface area (Å²) >= 11 is 12.1. The molecule has 5 heteroatoms. The van der Waals surface area contributed by atoms with Crippen LogP contribution in [0.3, 0.4) is 0 Å². The van der Waals surface area contributed by atoms with Gasteiger partial charge < -0.3 is 5.73 Å². The minimum atomic E-state index is -1.33. The first-order valence-corrected chi connectivity index (χ1v) is 8.21. The Balaban J connectivity index is 2.20. The molecular weight excluding hydrogens is 313 g/mol. The van der Waals surface area contributed by atoms with Crippen molar-refractivity contribution in [1.82, 2.24) is 0 Å². The van der Waals surface area contributed by atoms with Gasteiger partial charge in [0, 0.05) is 11.8 Å². The standard InChI is InChI=1S/C15H15Cl2NOS/c1-10-4-2-5-11(8-10)14(18)9-20(19)15-12(16)6-3-7-13(15)17/h2-8,14H,9,18H2,1H3. The maximum Gasteiger partial charge on any atom is 0.0761 e. The van der Waals surface area contributed by atoms with Crippen LogP contribution in [0, 0.1) is 6.92 Å². The van der Waals surface area contributed by atoms with Crippen LogP contribution in [0.1, 0.15) is 17.2 Å². The molecule has 2 unspecified atom stereocenters. The molecule has 0 fully saturated rings. The van der Waals surface area contributed by atoms with Crippen LogP contribution in [0.5, 0.6) is 0 Å². The van der Waals surface area contributed by atoms with Gasteiger partial charge in [0.2, 0.25) is 0 Å². The molecule has 20 heavy (non-hydrogen) atoms. The second-order valence-electron chi connectivity index (χ2n) is 4.58. The van der Waals surface area contributed by atoms with Crippen LogP contribution in [0.25, 0.3) is 0 Å². The van der Waals surface area contributed by atoms with Crippen LogP contribution in [-0.2, 0) is 10.8 Å². The summed E-state index contributed by atoms with van der Waals surface area (Å²) in [7, 11) is -1.33. The van der Waals surface area contributed by atoms with Gasteiger partial charge in [0.25, 0.3) is 0 Å². The second kappa shape index (κ2) is 6.72. The second-order valence-corrected chi connectivity index (χ2v) is 6.83. The van der Waals surface area contributed by atoms with Gasteiger partial charge in [-0.3, -0.25) is 4.21 Å². The Morgan fingerprint density at radius 2 is 1.75 bits per heavy atom. The maximum absolute atomic E-state index is 12.4. The van der Waals surface area contributed by atoms with Gasteiger partial charge in [0.15, 0.2) is 0 Å². The Labute approximate surface area is 131 Å². The molecule has 0 saturated heterocycles. The van der Waals surface area contributed by atoms with E-state index in [0.717, 1.165) is 11.1 Å². The number of hydrogen-bond acceptors (Lipinski definition) is 2. The van der Waals surface area contributed by atoms with E-state index in [1.54, 1.807) is 18.2 Å². The average Bonchev–Trinajstić information content (AvgIpc) is 2.38. The van der Waals surface area contributed by atoms with Crippen molar-refractivity contribution < 1.29 is 4.21 Å². The summed E-state index contributed by atoms with van der Waals surface area (Å²) in [6.07, 6.45) is 0. The van der Waals surface area contributed by atoms with Crippen molar-refractivity contribution in [2.75, 3.05) is 5.75 Å². The van der Waals surface area contributed by atoms with Gasteiger partial charge in [-0.15, -0.1) is 0 Å². The van der Waals surface area contributed by atoms with Crippen LogP contribution in [0.15, 0.2) is 47.4 Å². The molecule has 0 aliphatic rings. The lowest BCUT2D eigenvalue weighted by Gasteiger charge is -2.14.